The molecule has 0 heterocycles. The molecule has 27 heavy (non-hydrogen) atoms. The number of carbonyl (C=O) groups excluding carboxylic acids is 2. The molecule has 144 valence electrons. The van der Waals surface area contributed by atoms with Crippen LogP contribution < -0.4 is 14.2 Å². The van der Waals surface area contributed by atoms with Crippen LogP contribution in [0.25, 0.3) is 11.1 Å². The fourth-order valence-electron chi connectivity index (χ4n) is 2.99. The molecule has 0 aliphatic heterocycles. The van der Waals surface area contributed by atoms with Gasteiger partial charge in [-0.15, -0.1) is 0 Å². The van der Waals surface area contributed by atoms with Crippen LogP contribution in [0.2, 0.25) is 0 Å². The Morgan fingerprint density at radius 2 is 1.70 bits per heavy atom. The molecule has 5 heteroatoms. The molecule has 2 aromatic rings. The van der Waals surface area contributed by atoms with E-state index in [1.165, 1.54) is 14.2 Å². The van der Waals surface area contributed by atoms with Crippen LogP contribution in [0.4, 0.5) is 0 Å². The molecule has 0 aliphatic rings. The highest BCUT2D eigenvalue weighted by atomic mass is 16.6. The van der Waals surface area contributed by atoms with Gasteiger partial charge in [-0.2, -0.15) is 0 Å². The molecular weight excluding hydrogens is 344 g/mol. The molecule has 0 amide bonds. The first-order valence-electron chi connectivity index (χ1n) is 9.06. The Hall–Kier alpha value is -2.82. The third-order valence-electron chi connectivity index (χ3n) is 4.35. The normalized spacial score (nSPS) is 10.4. The topological polar surface area (TPSA) is 61.8 Å². The third-order valence-corrected chi connectivity index (χ3v) is 4.35. The second-order valence-corrected chi connectivity index (χ2v) is 6.18. The van der Waals surface area contributed by atoms with Gasteiger partial charge < -0.3 is 14.2 Å². The van der Waals surface area contributed by atoms with Crippen molar-refractivity contribution in [3.63, 3.8) is 0 Å². The van der Waals surface area contributed by atoms with E-state index in [1.807, 2.05) is 38.1 Å². The van der Waals surface area contributed by atoms with E-state index in [0.717, 1.165) is 17.5 Å². The van der Waals surface area contributed by atoms with Crippen LogP contribution in [-0.4, -0.2) is 26.0 Å². The first kappa shape index (κ1) is 20.5. The molecule has 0 unspecified atom stereocenters. The molecule has 0 spiro atoms. The second kappa shape index (κ2) is 9.21. The average Bonchev–Trinajstić information content (AvgIpc) is 2.67. The number of hydrogen-bond acceptors (Lipinski definition) is 5. The molecule has 2 aromatic carbocycles. The minimum absolute atomic E-state index is 0.0281. The SMILES string of the molecule is CCCC(=O)Oc1c(-c2ccc(C(C)=O)c(CC)c2)ccc(OC)c1OC. The van der Waals surface area contributed by atoms with Gasteiger partial charge in [0.2, 0.25) is 5.75 Å². The summed E-state index contributed by atoms with van der Waals surface area (Å²) >= 11 is 0. The molecule has 0 fully saturated rings. The molecule has 0 radical (unpaired) electrons. The number of carbonyl (C=O) groups is 2. The maximum atomic E-state index is 12.2. The molecule has 2 rings (SSSR count). The molecule has 0 saturated carbocycles. The highest BCUT2D eigenvalue weighted by molar-refractivity contribution is 5.96. The summed E-state index contributed by atoms with van der Waals surface area (Å²) in [5.41, 5.74) is 3.20. The Kier molecular flexibility index (Phi) is 6.99. The van der Waals surface area contributed by atoms with Gasteiger partial charge in [-0.3, -0.25) is 9.59 Å². The second-order valence-electron chi connectivity index (χ2n) is 6.18. The van der Waals surface area contributed by atoms with Gasteiger partial charge in [-0.05, 0) is 43.0 Å². The lowest BCUT2D eigenvalue weighted by Crippen LogP contribution is -2.09. The van der Waals surface area contributed by atoms with Crippen LogP contribution >= 0.6 is 0 Å². The zero-order valence-corrected chi connectivity index (χ0v) is 16.5. The molecule has 0 aliphatic carbocycles. The van der Waals surface area contributed by atoms with E-state index in [2.05, 4.69) is 0 Å². The predicted octanol–water partition coefficient (Wildman–Crippen LogP) is 4.84. The fourth-order valence-corrected chi connectivity index (χ4v) is 2.99. The van der Waals surface area contributed by atoms with Gasteiger partial charge in [0.05, 0.1) is 14.2 Å². The number of esters is 1. The number of ether oxygens (including phenoxy) is 3. The molecule has 0 atom stereocenters. The molecular formula is C22H26O5. The van der Waals surface area contributed by atoms with Gasteiger partial charge in [0.1, 0.15) is 0 Å². The molecule has 0 aromatic heterocycles. The van der Waals surface area contributed by atoms with E-state index in [0.29, 0.717) is 41.2 Å². The van der Waals surface area contributed by atoms with Crippen molar-refractivity contribution >= 4 is 11.8 Å². The van der Waals surface area contributed by atoms with Gasteiger partial charge in [0, 0.05) is 17.5 Å². The Bertz CT molecular complexity index is 839. The van der Waals surface area contributed by atoms with E-state index < -0.39 is 0 Å². The van der Waals surface area contributed by atoms with E-state index in [9.17, 15) is 9.59 Å². The summed E-state index contributed by atoms with van der Waals surface area (Å²) in [6, 6.07) is 9.22. The number of aryl methyl sites for hydroxylation is 1. The lowest BCUT2D eigenvalue weighted by molar-refractivity contribution is -0.134. The van der Waals surface area contributed by atoms with Crippen molar-refractivity contribution in [1.82, 2.24) is 0 Å². The molecule has 0 N–H and O–H groups in total. The Labute approximate surface area is 160 Å². The zero-order valence-electron chi connectivity index (χ0n) is 16.5. The third kappa shape index (κ3) is 4.48. The maximum absolute atomic E-state index is 12.2. The zero-order chi connectivity index (χ0) is 20.0. The van der Waals surface area contributed by atoms with Gasteiger partial charge in [0.15, 0.2) is 17.3 Å². The standard InChI is InChI=1S/C22H26O5/c1-6-8-20(24)27-21-18(11-12-19(25-4)22(21)26-5)16-9-10-17(14(3)23)15(7-2)13-16/h9-13H,6-8H2,1-5H3. The number of hydrogen-bond donors (Lipinski definition) is 0. The smallest absolute Gasteiger partial charge is 0.311 e. The first-order valence-corrected chi connectivity index (χ1v) is 9.06. The maximum Gasteiger partial charge on any atom is 0.311 e. The number of ketones is 1. The number of Topliss-reactive ketones (excluding diaryl/α,β-unsaturated/α-hetero) is 1. The highest BCUT2D eigenvalue weighted by Crippen LogP contribution is 2.45. The van der Waals surface area contributed by atoms with Crippen molar-refractivity contribution in [2.45, 2.75) is 40.0 Å². The number of benzene rings is 2. The van der Waals surface area contributed by atoms with Crippen molar-refractivity contribution in [3.8, 4) is 28.4 Å². The summed E-state index contributed by atoms with van der Waals surface area (Å²) in [4.78, 5) is 24.0. The molecule has 5 nitrogen and oxygen atoms in total. The minimum Gasteiger partial charge on any atom is -0.493 e. The van der Waals surface area contributed by atoms with E-state index in [-0.39, 0.29) is 11.8 Å². The van der Waals surface area contributed by atoms with Crippen molar-refractivity contribution in [2.24, 2.45) is 0 Å². The summed E-state index contributed by atoms with van der Waals surface area (Å²) in [6.07, 6.45) is 1.72. The lowest BCUT2D eigenvalue weighted by Gasteiger charge is -2.17. The minimum atomic E-state index is -0.332. The molecule has 0 bridgehead atoms. The quantitative estimate of drug-likeness (QED) is 0.378. The Balaban J connectivity index is 2.65. The lowest BCUT2D eigenvalue weighted by atomic mass is 9.95. The predicted molar refractivity (Wildman–Crippen MR) is 105 cm³/mol. The first-order chi connectivity index (χ1) is 13.0. The van der Waals surface area contributed by atoms with E-state index in [4.69, 9.17) is 14.2 Å². The van der Waals surface area contributed by atoms with Crippen LogP contribution in [0, 0.1) is 0 Å². The fraction of sp³-hybridized carbons (Fsp3) is 0.364. The summed E-state index contributed by atoms with van der Waals surface area (Å²) < 4.78 is 16.5. The number of rotatable bonds is 8. The van der Waals surface area contributed by atoms with Gasteiger partial charge >= 0.3 is 5.97 Å². The van der Waals surface area contributed by atoms with Crippen molar-refractivity contribution in [3.05, 3.63) is 41.5 Å². The molecule has 0 saturated heterocycles. The van der Waals surface area contributed by atoms with E-state index >= 15 is 0 Å². The largest absolute Gasteiger partial charge is 0.493 e. The number of methoxy groups -OCH3 is 2. The van der Waals surface area contributed by atoms with Gasteiger partial charge in [-0.25, -0.2) is 0 Å². The van der Waals surface area contributed by atoms with Crippen LogP contribution in [-0.2, 0) is 11.2 Å². The van der Waals surface area contributed by atoms with Crippen LogP contribution in [0.1, 0.15) is 49.5 Å². The Morgan fingerprint density at radius 1 is 0.963 bits per heavy atom. The monoisotopic (exact) mass is 370 g/mol. The summed E-state index contributed by atoms with van der Waals surface area (Å²) in [7, 11) is 3.04. The van der Waals surface area contributed by atoms with Crippen LogP contribution in [0.15, 0.2) is 30.3 Å². The van der Waals surface area contributed by atoms with Crippen molar-refractivity contribution in [2.75, 3.05) is 14.2 Å². The summed E-state index contributed by atoms with van der Waals surface area (Å²) in [6.45, 7) is 5.48. The van der Waals surface area contributed by atoms with Crippen molar-refractivity contribution in [1.29, 1.82) is 0 Å². The van der Waals surface area contributed by atoms with E-state index in [1.54, 1.807) is 13.0 Å². The van der Waals surface area contributed by atoms with Gasteiger partial charge in [-0.1, -0.05) is 32.0 Å². The highest BCUT2D eigenvalue weighted by Gasteiger charge is 2.21. The van der Waals surface area contributed by atoms with Crippen LogP contribution in [0.3, 0.4) is 0 Å². The Morgan fingerprint density at radius 3 is 2.26 bits per heavy atom. The summed E-state index contributed by atoms with van der Waals surface area (Å²) in [5.74, 6) is 0.874. The van der Waals surface area contributed by atoms with Gasteiger partial charge in [0.25, 0.3) is 0 Å². The average molecular weight is 370 g/mol. The van der Waals surface area contributed by atoms with Crippen LogP contribution in [0.5, 0.6) is 17.2 Å². The van der Waals surface area contributed by atoms with Crippen molar-refractivity contribution < 1.29 is 23.8 Å². The summed E-state index contributed by atoms with van der Waals surface area (Å²) in [5, 5.41) is 0.